The van der Waals surface area contributed by atoms with Crippen molar-refractivity contribution in [3.8, 4) is 0 Å². The molecule has 7 rings (SSSR count). The van der Waals surface area contributed by atoms with E-state index in [-0.39, 0.29) is 48.1 Å². The number of carbonyl (C=O) groups excluding carboxylic acids is 4. The van der Waals surface area contributed by atoms with Gasteiger partial charge in [-0.15, -0.1) is 0 Å². The second kappa shape index (κ2) is 17.3. The molecule has 5 heterocycles. The number of urea groups is 1. The van der Waals surface area contributed by atoms with Crippen LogP contribution in [0.2, 0.25) is 5.02 Å². The molecular weight excluding hydrogens is 767 g/mol. The summed E-state index contributed by atoms with van der Waals surface area (Å²) in [4.78, 5) is 62.8. The maximum Gasteiger partial charge on any atom is 0.418 e. The summed E-state index contributed by atoms with van der Waals surface area (Å²) in [5.74, 6) is -0.700. The van der Waals surface area contributed by atoms with Crippen LogP contribution in [0.3, 0.4) is 0 Å². The van der Waals surface area contributed by atoms with E-state index in [1.54, 1.807) is 16.7 Å². The van der Waals surface area contributed by atoms with E-state index < -0.39 is 35.5 Å². The minimum Gasteiger partial charge on any atom is -0.465 e. The molecule has 2 aromatic rings. The molecule has 2 bridgehead atoms. The maximum absolute atomic E-state index is 14.2. The molecule has 0 saturated carbocycles. The number of nitrogens with two attached hydrogens (primary N) is 1. The molecule has 4 fully saturated rings. The van der Waals surface area contributed by atoms with Crippen molar-refractivity contribution in [3.63, 3.8) is 0 Å². The molecule has 0 spiro atoms. The number of nitrogens with one attached hydrogen (secondary N) is 1. The Morgan fingerprint density at radius 3 is 2.26 bits per heavy atom. The van der Waals surface area contributed by atoms with Gasteiger partial charge in [-0.1, -0.05) is 29.8 Å². The predicted molar refractivity (Wildman–Crippen MR) is 207 cm³/mol. The number of carbonyl (C=O) groups is 4. The van der Waals surface area contributed by atoms with Crippen molar-refractivity contribution in [2.24, 2.45) is 0 Å². The highest BCUT2D eigenvalue weighted by molar-refractivity contribution is 6.33. The molecule has 3 N–H and O–H groups in total. The number of nitrogens with zero attached hydrogens (tertiary/aromatic N) is 5. The fraction of sp³-hybridized carbons (Fsp3) is 0.600. The monoisotopic (exact) mass is 817 g/mol. The van der Waals surface area contributed by atoms with Gasteiger partial charge in [-0.3, -0.25) is 19.4 Å². The van der Waals surface area contributed by atoms with E-state index in [0.717, 1.165) is 43.0 Å². The highest BCUT2D eigenvalue weighted by Crippen LogP contribution is 2.39. The van der Waals surface area contributed by atoms with Crippen LogP contribution in [-0.4, -0.2) is 138 Å². The van der Waals surface area contributed by atoms with Gasteiger partial charge in [0, 0.05) is 82.1 Å². The molecule has 0 radical (unpaired) electrons. The van der Waals surface area contributed by atoms with Crippen LogP contribution in [-0.2, 0) is 38.1 Å². The van der Waals surface area contributed by atoms with E-state index in [2.05, 4.69) is 15.1 Å². The normalized spacial score (nSPS) is 24.1. The van der Waals surface area contributed by atoms with Crippen molar-refractivity contribution in [1.29, 1.82) is 0 Å². The fourth-order valence-corrected chi connectivity index (χ4v) is 9.62. The zero-order valence-corrected chi connectivity index (χ0v) is 32.9. The minimum atomic E-state index is -4.79. The standard InChI is InChI=1S/C40H51ClF3N7O6/c1-2-56-35(52)24-51-28-7-8-29(51)23-30(22-28)47-15-17-48(18-16-47)37(53)34(21-25-19-31(40(42,43)44)36(45)32(41)20-25)57-39(55)49-12-10-27(11-13-49)50-14-9-26-5-3-4-6-33(26)46-38(50)54/h3-6,19-20,27-30,34H,2,7-18,21-24,45H2,1H3,(H,46,54)/t28-,29?,30?,34-/m1/s1. The molecule has 4 atom stereocenters. The molecule has 13 nitrogen and oxygen atoms in total. The molecular formula is C40H51ClF3N7O6. The number of nitrogen functional groups attached to an aromatic ring is 1. The number of anilines is 2. The van der Waals surface area contributed by atoms with Crippen molar-refractivity contribution >= 4 is 47.0 Å². The molecule has 310 valence electrons. The average Bonchev–Trinajstić information content (AvgIpc) is 3.32. The van der Waals surface area contributed by atoms with Crippen LogP contribution >= 0.6 is 11.6 Å². The van der Waals surface area contributed by atoms with Gasteiger partial charge in [-0.2, -0.15) is 13.2 Å². The van der Waals surface area contributed by atoms with E-state index in [4.69, 9.17) is 26.8 Å². The lowest BCUT2D eigenvalue weighted by molar-refractivity contribution is -0.146. The van der Waals surface area contributed by atoms with Gasteiger partial charge in [-0.05, 0) is 81.2 Å². The van der Waals surface area contributed by atoms with Gasteiger partial charge in [0.25, 0.3) is 5.91 Å². The van der Waals surface area contributed by atoms with Crippen molar-refractivity contribution in [2.45, 2.75) is 94.7 Å². The van der Waals surface area contributed by atoms with Crippen LogP contribution in [0.4, 0.5) is 34.1 Å². The molecule has 2 aromatic carbocycles. The summed E-state index contributed by atoms with van der Waals surface area (Å²) in [6.07, 6.45) is -1.74. The van der Waals surface area contributed by atoms with Gasteiger partial charge in [0.2, 0.25) is 0 Å². The van der Waals surface area contributed by atoms with Crippen molar-refractivity contribution in [2.75, 3.05) is 70.0 Å². The first-order valence-electron chi connectivity index (χ1n) is 20.0. The van der Waals surface area contributed by atoms with Gasteiger partial charge >= 0.3 is 24.3 Å². The van der Waals surface area contributed by atoms with Gasteiger partial charge in [0.05, 0.1) is 29.4 Å². The lowest BCUT2D eigenvalue weighted by Crippen LogP contribution is -2.58. The number of benzene rings is 2. The number of para-hydroxylation sites is 1. The molecule has 0 aliphatic carbocycles. The molecule has 57 heavy (non-hydrogen) atoms. The topological polar surface area (TPSA) is 141 Å². The Morgan fingerprint density at radius 1 is 0.912 bits per heavy atom. The van der Waals surface area contributed by atoms with Gasteiger partial charge < -0.3 is 35.2 Å². The van der Waals surface area contributed by atoms with Gasteiger partial charge in [0.15, 0.2) is 6.10 Å². The number of piperidine rings is 2. The molecule has 17 heteroatoms. The second-order valence-electron chi connectivity index (χ2n) is 15.7. The first kappa shape index (κ1) is 40.9. The number of piperazine rings is 1. The van der Waals surface area contributed by atoms with Crippen LogP contribution in [0.15, 0.2) is 36.4 Å². The number of halogens is 4. The number of rotatable bonds is 9. The van der Waals surface area contributed by atoms with Crippen molar-refractivity contribution in [1.82, 2.24) is 24.5 Å². The van der Waals surface area contributed by atoms with Crippen LogP contribution in [0.1, 0.15) is 62.1 Å². The smallest absolute Gasteiger partial charge is 0.418 e. The summed E-state index contributed by atoms with van der Waals surface area (Å²) in [5, 5.41) is 2.68. The fourth-order valence-electron chi connectivity index (χ4n) is 9.38. The first-order chi connectivity index (χ1) is 27.3. The number of ether oxygens (including phenoxy) is 2. The van der Waals surface area contributed by atoms with Crippen LogP contribution in [0, 0.1) is 0 Å². The molecule has 4 saturated heterocycles. The van der Waals surface area contributed by atoms with E-state index in [1.807, 2.05) is 24.3 Å². The highest BCUT2D eigenvalue weighted by Gasteiger charge is 2.44. The number of alkyl halides is 3. The number of hydrogen-bond donors (Lipinski definition) is 2. The molecule has 0 aromatic heterocycles. The van der Waals surface area contributed by atoms with Crippen LogP contribution in [0.25, 0.3) is 0 Å². The maximum atomic E-state index is 14.2. The van der Waals surface area contributed by atoms with Gasteiger partial charge in [-0.25, -0.2) is 9.59 Å². The highest BCUT2D eigenvalue weighted by atomic mass is 35.5. The molecule has 2 unspecified atom stereocenters. The lowest BCUT2D eigenvalue weighted by atomic mass is 9.95. The zero-order valence-electron chi connectivity index (χ0n) is 32.1. The summed E-state index contributed by atoms with van der Waals surface area (Å²) in [7, 11) is 0. The molecule has 4 amide bonds. The Morgan fingerprint density at radius 2 is 1.60 bits per heavy atom. The Kier molecular flexibility index (Phi) is 12.4. The Balaban J connectivity index is 0.994. The average molecular weight is 818 g/mol. The zero-order chi connectivity index (χ0) is 40.4. The summed E-state index contributed by atoms with van der Waals surface area (Å²) in [5.41, 5.74) is 5.84. The van der Waals surface area contributed by atoms with Crippen LogP contribution < -0.4 is 11.1 Å². The third-order valence-corrected chi connectivity index (χ3v) is 12.7. The van der Waals surface area contributed by atoms with Crippen molar-refractivity contribution < 1.29 is 41.8 Å². The number of esters is 1. The SMILES string of the molecule is CCOC(=O)CN1C2CC[C@@H]1CC(N1CCN(C(=O)[C@@H](Cc3cc(Cl)c(N)c(C(F)(F)F)c3)OC(=O)N3CCC(N4CCc5ccccc5NC4=O)CC3)CC1)C2. The van der Waals surface area contributed by atoms with Crippen molar-refractivity contribution in [3.05, 3.63) is 58.1 Å². The number of likely N-dealkylation sites (tertiary alicyclic amines) is 1. The van der Waals surface area contributed by atoms with Gasteiger partial charge in [0.1, 0.15) is 0 Å². The van der Waals surface area contributed by atoms with E-state index in [9.17, 15) is 32.3 Å². The Labute approximate surface area is 335 Å². The number of hydrogen-bond acceptors (Lipinski definition) is 9. The number of amides is 4. The predicted octanol–water partition coefficient (Wildman–Crippen LogP) is 5.25. The Hall–Kier alpha value is -4.28. The minimum absolute atomic E-state index is 0.0586. The quantitative estimate of drug-likeness (QED) is 0.257. The third-order valence-electron chi connectivity index (χ3n) is 12.4. The summed E-state index contributed by atoms with van der Waals surface area (Å²) >= 11 is 6.15. The summed E-state index contributed by atoms with van der Waals surface area (Å²) < 4.78 is 52.9. The molecule has 5 aliphatic heterocycles. The van der Waals surface area contributed by atoms with Crippen LogP contribution in [0.5, 0.6) is 0 Å². The largest absolute Gasteiger partial charge is 0.465 e. The summed E-state index contributed by atoms with van der Waals surface area (Å²) in [6.45, 7) is 5.40. The van der Waals surface area contributed by atoms with E-state index >= 15 is 0 Å². The first-order valence-corrected chi connectivity index (χ1v) is 20.4. The third kappa shape index (κ3) is 9.23. The summed E-state index contributed by atoms with van der Waals surface area (Å²) in [6, 6.07) is 10.4. The lowest BCUT2D eigenvalue weighted by Gasteiger charge is -2.46. The van der Waals surface area contributed by atoms with E-state index in [1.165, 1.54) is 11.0 Å². The molecule has 5 aliphatic rings. The number of fused-ring (bicyclic) bond motifs is 3. The Bertz CT molecular complexity index is 1810. The van der Waals surface area contributed by atoms with E-state index in [0.29, 0.717) is 83.3 Å². The second-order valence-corrected chi connectivity index (χ2v) is 16.1.